The Bertz CT molecular complexity index is 1150. The molecule has 0 radical (unpaired) electrons. The van der Waals surface area contributed by atoms with Crippen molar-refractivity contribution in [1.82, 2.24) is 14.8 Å². The van der Waals surface area contributed by atoms with E-state index in [9.17, 15) is 9.59 Å². The molecule has 0 N–H and O–H groups in total. The smallest absolute Gasteiger partial charge is 0.273 e. The molecule has 1 saturated carbocycles. The van der Waals surface area contributed by atoms with Gasteiger partial charge in [-0.15, -0.1) is 0 Å². The van der Waals surface area contributed by atoms with E-state index in [1.807, 2.05) is 46.2 Å². The first-order valence-electron chi connectivity index (χ1n) is 12.2. The number of pyridine rings is 1. The lowest BCUT2D eigenvalue weighted by Crippen LogP contribution is -2.37. The SMILES string of the molecule is CCCCN(Cc1ccco1)C(=O)c1c2c(nc3ccccc13)C(=O)N(C1CCCCC1)C2. The van der Waals surface area contributed by atoms with Gasteiger partial charge in [-0.1, -0.05) is 50.8 Å². The summed E-state index contributed by atoms with van der Waals surface area (Å²) in [5.41, 5.74) is 2.57. The van der Waals surface area contributed by atoms with E-state index in [1.165, 1.54) is 6.42 Å². The van der Waals surface area contributed by atoms with E-state index in [1.54, 1.807) is 6.26 Å². The van der Waals surface area contributed by atoms with E-state index >= 15 is 0 Å². The van der Waals surface area contributed by atoms with Crippen LogP contribution in [0, 0.1) is 0 Å². The monoisotopic (exact) mass is 445 g/mol. The number of carbonyl (C=O) groups is 2. The van der Waals surface area contributed by atoms with Crippen LogP contribution in [0.3, 0.4) is 0 Å². The van der Waals surface area contributed by atoms with E-state index < -0.39 is 0 Å². The number of hydrogen-bond acceptors (Lipinski definition) is 4. The molecule has 2 amide bonds. The van der Waals surface area contributed by atoms with Gasteiger partial charge >= 0.3 is 0 Å². The number of hydrogen-bond donors (Lipinski definition) is 0. The Hall–Kier alpha value is -3.15. The standard InChI is InChI=1S/C27H31N3O3/c1-2-3-15-29(17-20-12-9-16-33-20)26(31)24-21-13-7-8-14-23(21)28-25-22(24)18-30(27(25)32)19-10-5-4-6-11-19/h7-9,12-14,16,19H,2-6,10-11,15,17-18H2,1H3. The third-order valence-corrected chi connectivity index (χ3v) is 7.01. The summed E-state index contributed by atoms with van der Waals surface area (Å²) in [6.45, 7) is 3.65. The minimum Gasteiger partial charge on any atom is -0.467 e. The maximum Gasteiger partial charge on any atom is 0.273 e. The summed E-state index contributed by atoms with van der Waals surface area (Å²) in [5.74, 6) is 0.685. The van der Waals surface area contributed by atoms with Gasteiger partial charge in [0.05, 0.1) is 23.9 Å². The van der Waals surface area contributed by atoms with Crippen molar-refractivity contribution in [3.05, 3.63) is 65.2 Å². The minimum atomic E-state index is -0.0482. The minimum absolute atomic E-state index is 0.0251. The van der Waals surface area contributed by atoms with Crippen molar-refractivity contribution >= 4 is 22.7 Å². The predicted molar refractivity (Wildman–Crippen MR) is 127 cm³/mol. The molecular formula is C27H31N3O3. The molecule has 6 nitrogen and oxygen atoms in total. The third-order valence-electron chi connectivity index (χ3n) is 7.01. The second-order valence-corrected chi connectivity index (χ2v) is 9.22. The average molecular weight is 446 g/mol. The summed E-state index contributed by atoms with van der Waals surface area (Å²) in [6, 6.07) is 11.7. The Balaban J connectivity index is 1.57. The van der Waals surface area contributed by atoms with Crippen molar-refractivity contribution in [3.8, 4) is 0 Å². The molecule has 172 valence electrons. The summed E-state index contributed by atoms with van der Waals surface area (Å²) in [4.78, 5) is 36.1. The van der Waals surface area contributed by atoms with Crippen LogP contribution in [0.5, 0.6) is 0 Å². The Morgan fingerprint density at radius 1 is 1.15 bits per heavy atom. The Morgan fingerprint density at radius 2 is 1.97 bits per heavy atom. The van der Waals surface area contributed by atoms with Gasteiger partial charge in [0, 0.05) is 30.1 Å². The van der Waals surface area contributed by atoms with E-state index in [0.29, 0.717) is 36.4 Å². The molecule has 1 aliphatic carbocycles. The number of rotatable bonds is 7. The maximum atomic E-state index is 14.1. The molecule has 0 saturated heterocycles. The van der Waals surface area contributed by atoms with Gasteiger partial charge in [0.1, 0.15) is 11.5 Å². The first-order chi connectivity index (χ1) is 16.2. The molecule has 1 fully saturated rings. The predicted octanol–water partition coefficient (Wildman–Crippen LogP) is 5.56. The zero-order valence-electron chi connectivity index (χ0n) is 19.3. The number of furan rings is 1. The molecule has 1 aromatic carbocycles. The molecule has 33 heavy (non-hydrogen) atoms. The molecule has 3 heterocycles. The van der Waals surface area contributed by atoms with Crippen molar-refractivity contribution in [2.45, 2.75) is 71.0 Å². The number of benzene rings is 1. The third kappa shape index (κ3) is 4.14. The van der Waals surface area contributed by atoms with Gasteiger partial charge in [-0.25, -0.2) is 4.98 Å². The number of para-hydroxylation sites is 1. The molecule has 3 aromatic rings. The quantitative estimate of drug-likeness (QED) is 0.478. The van der Waals surface area contributed by atoms with Gasteiger partial charge in [-0.2, -0.15) is 0 Å². The summed E-state index contributed by atoms with van der Waals surface area (Å²) in [7, 11) is 0. The van der Waals surface area contributed by atoms with Gasteiger partial charge < -0.3 is 14.2 Å². The van der Waals surface area contributed by atoms with Crippen LogP contribution < -0.4 is 0 Å². The molecule has 0 unspecified atom stereocenters. The van der Waals surface area contributed by atoms with Crippen molar-refractivity contribution in [2.24, 2.45) is 0 Å². The maximum absolute atomic E-state index is 14.1. The number of amides is 2. The Kier molecular flexibility index (Phi) is 6.16. The zero-order chi connectivity index (χ0) is 22.8. The molecule has 2 aliphatic rings. The Labute approximate surface area is 194 Å². The fourth-order valence-corrected chi connectivity index (χ4v) is 5.24. The van der Waals surface area contributed by atoms with E-state index in [0.717, 1.165) is 55.2 Å². The van der Waals surface area contributed by atoms with Crippen LogP contribution in [0.4, 0.5) is 0 Å². The highest BCUT2D eigenvalue weighted by atomic mass is 16.3. The van der Waals surface area contributed by atoms with E-state index in [2.05, 4.69) is 6.92 Å². The van der Waals surface area contributed by atoms with Crippen molar-refractivity contribution in [1.29, 1.82) is 0 Å². The molecule has 2 aromatic heterocycles. The van der Waals surface area contributed by atoms with E-state index in [4.69, 9.17) is 9.40 Å². The highest BCUT2D eigenvalue weighted by Gasteiger charge is 2.38. The second kappa shape index (κ2) is 9.38. The summed E-state index contributed by atoms with van der Waals surface area (Å²) < 4.78 is 5.55. The molecule has 0 bridgehead atoms. The van der Waals surface area contributed by atoms with Crippen molar-refractivity contribution in [3.63, 3.8) is 0 Å². The first kappa shape index (κ1) is 21.7. The number of aromatic nitrogens is 1. The topological polar surface area (TPSA) is 66.7 Å². The average Bonchev–Trinajstić information content (AvgIpc) is 3.48. The van der Waals surface area contributed by atoms with Crippen LogP contribution in [0.15, 0.2) is 47.1 Å². The van der Waals surface area contributed by atoms with Gasteiger partial charge in [0.25, 0.3) is 11.8 Å². The van der Waals surface area contributed by atoms with Gasteiger partial charge in [0.15, 0.2) is 0 Å². The van der Waals surface area contributed by atoms with Crippen molar-refractivity contribution in [2.75, 3.05) is 6.54 Å². The number of nitrogens with zero attached hydrogens (tertiary/aromatic N) is 3. The summed E-state index contributed by atoms with van der Waals surface area (Å²) in [5, 5.41) is 0.820. The molecule has 0 spiro atoms. The highest BCUT2D eigenvalue weighted by Crippen LogP contribution is 2.35. The van der Waals surface area contributed by atoms with Crippen LogP contribution in [0.1, 0.15) is 84.0 Å². The fraction of sp³-hybridized carbons (Fsp3) is 0.444. The lowest BCUT2D eigenvalue weighted by molar-refractivity contribution is 0.0651. The molecular weight excluding hydrogens is 414 g/mol. The van der Waals surface area contributed by atoms with Crippen LogP contribution in [-0.2, 0) is 13.1 Å². The molecule has 6 heteroatoms. The highest BCUT2D eigenvalue weighted by molar-refractivity contribution is 6.11. The Morgan fingerprint density at radius 3 is 2.73 bits per heavy atom. The van der Waals surface area contributed by atoms with E-state index in [-0.39, 0.29) is 17.9 Å². The molecule has 1 aliphatic heterocycles. The van der Waals surface area contributed by atoms with Crippen LogP contribution >= 0.6 is 0 Å². The summed E-state index contributed by atoms with van der Waals surface area (Å²) >= 11 is 0. The van der Waals surface area contributed by atoms with Crippen LogP contribution in [0.2, 0.25) is 0 Å². The lowest BCUT2D eigenvalue weighted by Gasteiger charge is -2.30. The number of carbonyl (C=O) groups excluding carboxylic acids is 2. The first-order valence-corrected chi connectivity index (χ1v) is 12.2. The normalized spacial score (nSPS) is 16.4. The fourth-order valence-electron chi connectivity index (χ4n) is 5.24. The lowest BCUT2D eigenvalue weighted by atomic mass is 9.94. The number of unbranched alkanes of at least 4 members (excludes halogenated alkanes) is 1. The second-order valence-electron chi connectivity index (χ2n) is 9.22. The zero-order valence-corrected chi connectivity index (χ0v) is 19.3. The van der Waals surface area contributed by atoms with Crippen molar-refractivity contribution < 1.29 is 14.0 Å². The molecule has 0 atom stereocenters. The van der Waals surface area contributed by atoms with Gasteiger partial charge in [-0.05, 0) is 37.5 Å². The summed E-state index contributed by atoms with van der Waals surface area (Å²) in [6.07, 6.45) is 9.14. The largest absolute Gasteiger partial charge is 0.467 e. The number of fused-ring (bicyclic) bond motifs is 2. The van der Waals surface area contributed by atoms with Crippen LogP contribution in [-0.4, -0.2) is 39.2 Å². The molecule has 5 rings (SSSR count). The van der Waals surface area contributed by atoms with Gasteiger partial charge in [0.2, 0.25) is 0 Å². The van der Waals surface area contributed by atoms with Crippen LogP contribution in [0.25, 0.3) is 10.9 Å². The van der Waals surface area contributed by atoms with Gasteiger partial charge in [-0.3, -0.25) is 9.59 Å².